The van der Waals surface area contributed by atoms with Crippen LogP contribution in [0, 0.1) is 0 Å². The van der Waals surface area contributed by atoms with Crippen molar-refractivity contribution in [3.05, 3.63) is 56.7 Å². The van der Waals surface area contributed by atoms with Crippen molar-refractivity contribution >= 4 is 40.8 Å². The normalized spacial score (nSPS) is 22.1. The molecule has 146 valence electrons. The molecule has 0 radical (unpaired) electrons. The number of thiophene rings is 1. The van der Waals surface area contributed by atoms with Crippen molar-refractivity contribution in [2.24, 2.45) is 0 Å². The van der Waals surface area contributed by atoms with Crippen molar-refractivity contribution in [2.45, 2.75) is 37.8 Å². The summed E-state index contributed by atoms with van der Waals surface area (Å²) in [5, 5.41) is 8.26. The molecule has 2 N–H and O–H groups in total. The molecule has 0 bridgehead atoms. The molecule has 4 amide bonds. The highest BCUT2D eigenvalue weighted by atomic mass is 35.5. The van der Waals surface area contributed by atoms with E-state index in [-0.39, 0.29) is 24.4 Å². The monoisotopic (exact) mass is 417 g/mol. The Kier molecular flexibility index (Phi) is 4.89. The third kappa shape index (κ3) is 3.18. The maximum Gasteiger partial charge on any atom is 0.325 e. The van der Waals surface area contributed by atoms with Crippen molar-refractivity contribution in [3.8, 4) is 0 Å². The number of hydrogen-bond acceptors (Lipinski definition) is 4. The lowest BCUT2D eigenvalue weighted by atomic mass is 9.80. The molecule has 1 aromatic carbocycles. The SMILES string of the molecule is C[C@@H](NC(=O)CN1C(=O)N[C@]2(CCCc3sccc32)C1=O)c1ccc(Cl)cc1. The van der Waals surface area contributed by atoms with E-state index in [1.807, 2.05) is 30.5 Å². The van der Waals surface area contributed by atoms with Crippen LogP contribution in [0.2, 0.25) is 5.02 Å². The maximum atomic E-state index is 13.1. The van der Waals surface area contributed by atoms with Gasteiger partial charge in [0, 0.05) is 15.5 Å². The minimum atomic E-state index is -1.02. The Labute approximate surface area is 171 Å². The van der Waals surface area contributed by atoms with Gasteiger partial charge in [-0.2, -0.15) is 0 Å². The number of hydrogen-bond donors (Lipinski definition) is 2. The van der Waals surface area contributed by atoms with Crippen LogP contribution in [0.3, 0.4) is 0 Å². The topological polar surface area (TPSA) is 78.5 Å². The van der Waals surface area contributed by atoms with Crippen LogP contribution in [0.15, 0.2) is 35.7 Å². The fourth-order valence-electron chi connectivity index (χ4n) is 3.95. The summed E-state index contributed by atoms with van der Waals surface area (Å²) >= 11 is 7.49. The van der Waals surface area contributed by atoms with Crippen molar-refractivity contribution in [3.63, 3.8) is 0 Å². The number of nitrogens with zero attached hydrogens (tertiary/aromatic N) is 1. The van der Waals surface area contributed by atoms with Crippen molar-refractivity contribution in [1.29, 1.82) is 0 Å². The zero-order valence-electron chi connectivity index (χ0n) is 15.3. The molecular weight excluding hydrogens is 398 g/mol. The van der Waals surface area contributed by atoms with Gasteiger partial charge in [-0.05, 0) is 55.3 Å². The second-order valence-corrected chi connectivity index (χ2v) is 8.62. The lowest BCUT2D eigenvalue weighted by Gasteiger charge is -2.31. The molecule has 6 nitrogen and oxygen atoms in total. The van der Waals surface area contributed by atoms with Gasteiger partial charge < -0.3 is 10.6 Å². The van der Waals surface area contributed by atoms with E-state index in [2.05, 4.69) is 10.6 Å². The Balaban J connectivity index is 1.47. The summed E-state index contributed by atoms with van der Waals surface area (Å²) in [5.74, 6) is -0.726. The molecule has 1 aromatic heterocycles. The highest BCUT2D eigenvalue weighted by molar-refractivity contribution is 7.10. The predicted molar refractivity (Wildman–Crippen MR) is 107 cm³/mol. The Morgan fingerprint density at radius 1 is 1.32 bits per heavy atom. The number of carbonyl (C=O) groups excluding carboxylic acids is 3. The average Bonchev–Trinajstić information content (AvgIpc) is 3.23. The van der Waals surface area contributed by atoms with Crippen LogP contribution in [0.1, 0.15) is 41.8 Å². The first kappa shape index (κ1) is 19.0. The van der Waals surface area contributed by atoms with E-state index in [0.717, 1.165) is 33.7 Å². The lowest BCUT2D eigenvalue weighted by Crippen LogP contribution is -2.47. The lowest BCUT2D eigenvalue weighted by molar-refractivity contribution is -0.135. The third-order valence-electron chi connectivity index (χ3n) is 5.39. The second kappa shape index (κ2) is 7.22. The Morgan fingerprint density at radius 2 is 2.07 bits per heavy atom. The zero-order valence-corrected chi connectivity index (χ0v) is 16.9. The summed E-state index contributed by atoms with van der Waals surface area (Å²) in [6, 6.07) is 8.29. The molecule has 1 aliphatic heterocycles. The highest BCUT2D eigenvalue weighted by Crippen LogP contribution is 2.42. The minimum absolute atomic E-state index is 0.266. The van der Waals surface area contributed by atoms with Gasteiger partial charge in [0.05, 0.1) is 6.04 Å². The van der Waals surface area contributed by atoms with Gasteiger partial charge in [-0.3, -0.25) is 14.5 Å². The Morgan fingerprint density at radius 3 is 2.82 bits per heavy atom. The van der Waals surface area contributed by atoms with E-state index >= 15 is 0 Å². The van der Waals surface area contributed by atoms with Gasteiger partial charge in [-0.15, -0.1) is 11.3 Å². The van der Waals surface area contributed by atoms with E-state index in [4.69, 9.17) is 11.6 Å². The number of urea groups is 1. The van der Waals surface area contributed by atoms with E-state index in [0.29, 0.717) is 11.4 Å². The number of fused-ring (bicyclic) bond motifs is 2. The van der Waals surface area contributed by atoms with Crippen molar-refractivity contribution in [1.82, 2.24) is 15.5 Å². The Hall–Kier alpha value is -2.38. The van der Waals surface area contributed by atoms with Crippen LogP contribution in [-0.2, 0) is 21.5 Å². The van der Waals surface area contributed by atoms with E-state index < -0.39 is 11.6 Å². The molecule has 2 atom stereocenters. The zero-order chi connectivity index (χ0) is 19.9. The van der Waals surface area contributed by atoms with E-state index in [9.17, 15) is 14.4 Å². The molecule has 8 heteroatoms. The summed E-state index contributed by atoms with van der Waals surface area (Å²) in [6.07, 6.45) is 2.30. The van der Waals surface area contributed by atoms with Gasteiger partial charge in [0.25, 0.3) is 5.91 Å². The number of halogens is 1. The van der Waals surface area contributed by atoms with Crippen LogP contribution >= 0.6 is 22.9 Å². The van der Waals surface area contributed by atoms with Crippen molar-refractivity contribution in [2.75, 3.05) is 6.54 Å². The molecule has 2 aliphatic rings. The number of nitrogens with one attached hydrogen (secondary N) is 2. The molecule has 1 spiro atoms. The summed E-state index contributed by atoms with van der Waals surface area (Å²) in [5.41, 5.74) is 0.744. The fourth-order valence-corrected chi connectivity index (χ4v) is 5.08. The van der Waals surface area contributed by atoms with Crippen molar-refractivity contribution < 1.29 is 14.4 Å². The van der Waals surface area contributed by atoms with E-state index in [1.54, 1.807) is 23.5 Å². The molecular formula is C20H20ClN3O3S. The summed E-state index contributed by atoms with van der Waals surface area (Å²) < 4.78 is 0. The first-order chi connectivity index (χ1) is 13.4. The van der Waals surface area contributed by atoms with Crippen LogP contribution in [0.4, 0.5) is 4.79 Å². The molecule has 4 rings (SSSR count). The van der Waals surface area contributed by atoms with E-state index in [1.165, 1.54) is 0 Å². The van der Waals surface area contributed by atoms with Gasteiger partial charge in [-0.1, -0.05) is 23.7 Å². The Bertz CT molecular complexity index is 942. The minimum Gasteiger partial charge on any atom is -0.348 e. The first-order valence-electron chi connectivity index (χ1n) is 9.16. The highest BCUT2D eigenvalue weighted by Gasteiger charge is 2.54. The number of amides is 4. The summed E-state index contributed by atoms with van der Waals surface area (Å²) in [4.78, 5) is 40.3. The second-order valence-electron chi connectivity index (χ2n) is 7.18. The van der Waals surface area contributed by atoms with Gasteiger partial charge in [0.15, 0.2) is 0 Å². The van der Waals surface area contributed by atoms with Gasteiger partial charge >= 0.3 is 6.03 Å². The number of benzene rings is 1. The van der Waals surface area contributed by atoms with Gasteiger partial charge in [0.1, 0.15) is 12.1 Å². The molecule has 2 aromatic rings. The summed E-state index contributed by atoms with van der Waals surface area (Å²) in [6.45, 7) is 1.54. The first-order valence-corrected chi connectivity index (χ1v) is 10.4. The van der Waals surface area contributed by atoms with Gasteiger partial charge in [0.2, 0.25) is 5.91 Å². The maximum absolute atomic E-state index is 13.1. The standard InChI is InChI=1S/C20H20ClN3O3S/c1-12(13-4-6-14(21)7-5-13)22-17(25)11-24-18(26)20(23-19(24)27)9-2-3-16-15(20)8-10-28-16/h4-8,10,12H,2-3,9,11H2,1H3,(H,22,25)(H,23,27)/t12-,20+/m1/s1. The molecule has 0 unspecified atom stereocenters. The molecule has 2 heterocycles. The quantitative estimate of drug-likeness (QED) is 0.748. The molecule has 1 saturated heterocycles. The molecule has 1 fully saturated rings. The third-order valence-corrected chi connectivity index (χ3v) is 6.62. The largest absolute Gasteiger partial charge is 0.348 e. The van der Waals surface area contributed by atoms with Crippen LogP contribution < -0.4 is 10.6 Å². The molecule has 28 heavy (non-hydrogen) atoms. The number of aryl methyl sites for hydroxylation is 1. The number of rotatable bonds is 4. The van der Waals surface area contributed by atoms with Crippen LogP contribution in [0.25, 0.3) is 0 Å². The van der Waals surface area contributed by atoms with Gasteiger partial charge in [-0.25, -0.2) is 4.79 Å². The molecule has 1 aliphatic carbocycles. The smallest absolute Gasteiger partial charge is 0.325 e. The predicted octanol–water partition coefficient (Wildman–Crippen LogP) is 3.36. The number of carbonyl (C=O) groups is 3. The number of imide groups is 1. The summed E-state index contributed by atoms with van der Waals surface area (Å²) in [7, 11) is 0. The van der Waals surface area contributed by atoms with Crippen LogP contribution in [-0.4, -0.2) is 29.3 Å². The average molecular weight is 418 g/mol. The fraction of sp³-hybridized carbons (Fsp3) is 0.350. The molecule has 0 saturated carbocycles. The van der Waals surface area contributed by atoms with Crippen LogP contribution in [0.5, 0.6) is 0 Å².